The summed E-state index contributed by atoms with van der Waals surface area (Å²) in [6, 6.07) is 5.76. The van der Waals surface area contributed by atoms with Gasteiger partial charge in [0.25, 0.3) is 5.91 Å². The predicted octanol–water partition coefficient (Wildman–Crippen LogP) is 3.38. The van der Waals surface area contributed by atoms with Crippen molar-refractivity contribution in [1.29, 1.82) is 0 Å². The van der Waals surface area contributed by atoms with Crippen molar-refractivity contribution in [1.82, 2.24) is 10.2 Å². The van der Waals surface area contributed by atoms with Crippen LogP contribution in [-0.2, 0) is 0 Å². The Morgan fingerprint density at radius 1 is 1.33 bits per heavy atom. The number of hydrogen-bond acceptors (Lipinski definition) is 5. The summed E-state index contributed by atoms with van der Waals surface area (Å²) in [7, 11) is 0. The van der Waals surface area contributed by atoms with Crippen molar-refractivity contribution < 1.29 is 22.7 Å². The van der Waals surface area contributed by atoms with E-state index < -0.39 is 18.7 Å². The second-order valence-corrected chi connectivity index (χ2v) is 5.27. The monoisotopic (exact) mass is 337 g/mol. The van der Waals surface area contributed by atoms with Crippen molar-refractivity contribution in [3.8, 4) is 5.75 Å². The Hall–Kier alpha value is -1.87. The van der Waals surface area contributed by atoms with Crippen molar-refractivity contribution >= 4 is 34.5 Å². The SMILES string of the molecule is O=C(Nc1ccccc1OCC(F)(F)F)c1nnc(Cl)s1. The van der Waals surface area contributed by atoms with Crippen LogP contribution in [-0.4, -0.2) is 28.9 Å². The minimum atomic E-state index is -4.47. The summed E-state index contributed by atoms with van der Waals surface area (Å²) in [6.45, 7) is -1.45. The highest BCUT2D eigenvalue weighted by Gasteiger charge is 2.29. The zero-order chi connectivity index (χ0) is 15.5. The highest BCUT2D eigenvalue weighted by molar-refractivity contribution is 7.17. The number of benzene rings is 1. The molecule has 2 rings (SSSR count). The maximum atomic E-state index is 12.2. The van der Waals surface area contributed by atoms with Gasteiger partial charge in [-0.25, -0.2) is 0 Å². The molecule has 0 radical (unpaired) electrons. The molecule has 2 aromatic rings. The van der Waals surface area contributed by atoms with E-state index in [2.05, 4.69) is 20.3 Å². The number of para-hydroxylation sites is 2. The van der Waals surface area contributed by atoms with Gasteiger partial charge in [-0.2, -0.15) is 13.2 Å². The summed E-state index contributed by atoms with van der Waals surface area (Å²) >= 11 is 6.40. The highest BCUT2D eigenvalue weighted by Crippen LogP contribution is 2.27. The topological polar surface area (TPSA) is 64.1 Å². The molecule has 0 spiro atoms. The lowest BCUT2D eigenvalue weighted by Crippen LogP contribution is -2.20. The van der Waals surface area contributed by atoms with E-state index >= 15 is 0 Å². The first-order chi connectivity index (χ1) is 9.85. The molecule has 1 N–H and O–H groups in total. The van der Waals surface area contributed by atoms with E-state index in [-0.39, 0.29) is 20.9 Å². The number of nitrogens with zero attached hydrogens (tertiary/aromatic N) is 2. The standard InChI is InChI=1S/C11H7ClF3N3O2S/c12-10-18-17-9(21-10)8(19)16-6-3-1-2-4-7(6)20-5-11(13,14)15/h1-4H,5H2,(H,16,19). The van der Waals surface area contributed by atoms with Gasteiger partial charge < -0.3 is 10.1 Å². The fraction of sp³-hybridized carbons (Fsp3) is 0.182. The van der Waals surface area contributed by atoms with E-state index in [1.165, 1.54) is 18.2 Å². The molecule has 1 heterocycles. The van der Waals surface area contributed by atoms with Crippen molar-refractivity contribution in [2.24, 2.45) is 0 Å². The van der Waals surface area contributed by atoms with Gasteiger partial charge in [0.1, 0.15) is 5.75 Å². The molecular weight excluding hydrogens is 331 g/mol. The average molecular weight is 338 g/mol. The maximum Gasteiger partial charge on any atom is 0.422 e. The Morgan fingerprint density at radius 3 is 2.67 bits per heavy atom. The molecule has 0 atom stereocenters. The fourth-order valence-electron chi connectivity index (χ4n) is 1.33. The van der Waals surface area contributed by atoms with Crippen LogP contribution in [0.4, 0.5) is 18.9 Å². The zero-order valence-electron chi connectivity index (χ0n) is 10.1. The number of ether oxygens (including phenoxy) is 1. The molecule has 0 aliphatic rings. The van der Waals surface area contributed by atoms with Crippen molar-refractivity contribution in [2.45, 2.75) is 6.18 Å². The number of aromatic nitrogens is 2. The normalized spacial score (nSPS) is 11.2. The highest BCUT2D eigenvalue weighted by atomic mass is 35.5. The number of hydrogen-bond donors (Lipinski definition) is 1. The van der Waals surface area contributed by atoms with E-state index in [0.717, 1.165) is 11.3 Å². The van der Waals surface area contributed by atoms with E-state index in [1.807, 2.05) is 0 Å². The quantitative estimate of drug-likeness (QED) is 0.929. The molecule has 0 aliphatic carbocycles. The number of rotatable bonds is 4. The van der Waals surface area contributed by atoms with Gasteiger partial charge in [-0.3, -0.25) is 4.79 Å². The number of anilines is 1. The molecule has 0 unspecified atom stereocenters. The summed E-state index contributed by atoms with van der Waals surface area (Å²) < 4.78 is 41.2. The number of nitrogens with one attached hydrogen (secondary N) is 1. The summed E-state index contributed by atoms with van der Waals surface area (Å²) in [6.07, 6.45) is -4.47. The molecule has 0 saturated carbocycles. The molecule has 1 aromatic heterocycles. The predicted molar refractivity (Wildman–Crippen MR) is 70.9 cm³/mol. The Labute approximate surface area is 125 Å². The number of carbonyl (C=O) groups excluding carboxylic acids is 1. The summed E-state index contributed by atoms with van der Waals surface area (Å²) in [5, 5.41) is 9.38. The summed E-state index contributed by atoms with van der Waals surface area (Å²) in [5.74, 6) is -0.735. The van der Waals surface area contributed by atoms with Crippen LogP contribution in [0.25, 0.3) is 0 Å². The van der Waals surface area contributed by atoms with E-state index in [9.17, 15) is 18.0 Å². The van der Waals surface area contributed by atoms with E-state index in [0.29, 0.717) is 0 Å². The fourth-order valence-corrected chi connectivity index (χ4v) is 2.05. The van der Waals surface area contributed by atoms with Crippen LogP contribution in [0.5, 0.6) is 5.75 Å². The summed E-state index contributed by atoms with van der Waals surface area (Å²) in [4.78, 5) is 11.8. The first-order valence-electron chi connectivity index (χ1n) is 5.44. The lowest BCUT2D eigenvalue weighted by molar-refractivity contribution is -0.153. The largest absolute Gasteiger partial charge is 0.482 e. The molecule has 1 aromatic carbocycles. The van der Waals surface area contributed by atoms with Gasteiger partial charge in [-0.05, 0) is 23.7 Å². The van der Waals surface area contributed by atoms with Crippen LogP contribution in [0, 0.1) is 0 Å². The van der Waals surface area contributed by atoms with Gasteiger partial charge in [-0.1, -0.05) is 23.5 Å². The van der Waals surface area contributed by atoms with E-state index in [4.69, 9.17) is 11.6 Å². The third kappa shape index (κ3) is 4.57. The Balaban J connectivity index is 2.11. The molecular formula is C11H7ClF3N3O2S. The van der Waals surface area contributed by atoms with Crippen LogP contribution in [0.1, 0.15) is 9.80 Å². The second-order valence-electron chi connectivity index (χ2n) is 3.71. The molecule has 0 aliphatic heterocycles. The molecule has 10 heteroatoms. The van der Waals surface area contributed by atoms with Gasteiger partial charge >= 0.3 is 6.18 Å². The first-order valence-corrected chi connectivity index (χ1v) is 6.63. The Morgan fingerprint density at radius 2 is 2.05 bits per heavy atom. The van der Waals surface area contributed by atoms with Gasteiger partial charge in [0.2, 0.25) is 9.47 Å². The van der Waals surface area contributed by atoms with Crippen LogP contribution < -0.4 is 10.1 Å². The molecule has 0 fully saturated rings. The van der Waals surface area contributed by atoms with Crippen LogP contribution in [0.15, 0.2) is 24.3 Å². The summed E-state index contributed by atoms with van der Waals surface area (Å²) in [5.41, 5.74) is 0.0954. The molecule has 0 saturated heterocycles. The number of alkyl halides is 3. The Kier molecular flexibility index (Phi) is 4.63. The number of amides is 1. The lowest BCUT2D eigenvalue weighted by atomic mass is 10.3. The lowest BCUT2D eigenvalue weighted by Gasteiger charge is -2.13. The Bertz CT molecular complexity index is 648. The first kappa shape index (κ1) is 15.5. The minimum absolute atomic E-state index is 0.00868. The van der Waals surface area contributed by atoms with Crippen molar-refractivity contribution in [3.05, 3.63) is 33.7 Å². The zero-order valence-corrected chi connectivity index (χ0v) is 11.7. The van der Waals surface area contributed by atoms with E-state index in [1.54, 1.807) is 6.07 Å². The molecule has 0 bridgehead atoms. The van der Waals surface area contributed by atoms with Crippen molar-refractivity contribution in [3.63, 3.8) is 0 Å². The molecule has 1 amide bonds. The van der Waals surface area contributed by atoms with Crippen molar-refractivity contribution in [2.75, 3.05) is 11.9 Å². The number of halogens is 4. The van der Waals surface area contributed by atoms with Gasteiger partial charge in [0, 0.05) is 0 Å². The average Bonchev–Trinajstić information content (AvgIpc) is 2.83. The molecule has 21 heavy (non-hydrogen) atoms. The second kappa shape index (κ2) is 6.27. The van der Waals surface area contributed by atoms with Crippen LogP contribution in [0.3, 0.4) is 0 Å². The third-order valence-corrected chi connectivity index (χ3v) is 3.14. The minimum Gasteiger partial charge on any atom is -0.482 e. The van der Waals surface area contributed by atoms with Gasteiger partial charge in [0.15, 0.2) is 6.61 Å². The maximum absolute atomic E-state index is 12.2. The van der Waals surface area contributed by atoms with Crippen LogP contribution in [0.2, 0.25) is 4.47 Å². The van der Waals surface area contributed by atoms with Crippen LogP contribution >= 0.6 is 22.9 Å². The van der Waals surface area contributed by atoms with Gasteiger partial charge in [0.05, 0.1) is 5.69 Å². The smallest absolute Gasteiger partial charge is 0.422 e. The molecule has 5 nitrogen and oxygen atoms in total. The molecule has 112 valence electrons. The van der Waals surface area contributed by atoms with Gasteiger partial charge in [-0.15, -0.1) is 10.2 Å². The third-order valence-electron chi connectivity index (χ3n) is 2.12. The number of carbonyl (C=O) groups is 1.